The number of aromatic hydroxyl groups is 1. The highest BCUT2D eigenvalue weighted by Gasteiger charge is 2.38. The van der Waals surface area contributed by atoms with E-state index in [2.05, 4.69) is 10.2 Å². The van der Waals surface area contributed by atoms with Gasteiger partial charge in [0.1, 0.15) is 18.0 Å². The normalized spacial score (nSPS) is 18.9. The van der Waals surface area contributed by atoms with Crippen molar-refractivity contribution < 1.29 is 27.4 Å². The number of aromatic nitrogens is 2. The number of rotatable bonds is 3. The third kappa shape index (κ3) is 2.61. The summed E-state index contributed by atoms with van der Waals surface area (Å²) in [6.07, 6.45) is 1.85. The highest BCUT2D eigenvalue weighted by Crippen LogP contribution is 2.38. The standard InChI is InChI=1S/C15H13FN4O5S/c16-14-9(11-5-10(17-18-11)8-3-4-25-7-8)1-2-12(21)15(14)20-6-13(22)19-26(20,23)24/h1-3,5,21H,4,6-7H2,(H,17,18)(H,19,22). The van der Waals surface area contributed by atoms with Crippen molar-refractivity contribution in [2.45, 2.75) is 0 Å². The molecule has 0 bridgehead atoms. The van der Waals surface area contributed by atoms with Crippen LogP contribution in [0, 0.1) is 5.82 Å². The Morgan fingerprint density at radius 3 is 2.81 bits per heavy atom. The molecule has 1 aromatic carbocycles. The molecule has 136 valence electrons. The second-order valence-corrected chi connectivity index (χ2v) is 7.34. The zero-order valence-corrected chi connectivity index (χ0v) is 14.0. The lowest BCUT2D eigenvalue weighted by Crippen LogP contribution is -2.30. The van der Waals surface area contributed by atoms with Crippen molar-refractivity contribution in [1.82, 2.24) is 14.9 Å². The third-order valence-electron chi connectivity index (χ3n) is 4.07. The van der Waals surface area contributed by atoms with Gasteiger partial charge in [-0.1, -0.05) is 6.08 Å². The van der Waals surface area contributed by atoms with Gasteiger partial charge in [0.15, 0.2) is 5.82 Å². The van der Waals surface area contributed by atoms with E-state index in [1.165, 1.54) is 6.07 Å². The van der Waals surface area contributed by atoms with Gasteiger partial charge in [-0.05, 0) is 18.2 Å². The van der Waals surface area contributed by atoms with Crippen molar-refractivity contribution in [3.63, 3.8) is 0 Å². The minimum Gasteiger partial charge on any atom is -0.506 e. The van der Waals surface area contributed by atoms with Crippen molar-refractivity contribution in [3.05, 3.63) is 35.8 Å². The van der Waals surface area contributed by atoms with E-state index >= 15 is 4.39 Å². The molecular weight excluding hydrogens is 367 g/mol. The molecule has 2 aliphatic rings. The summed E-state index contributed by atoms with van der Waals surface area (Å²) < 4.78 is 46.4. The molecule has 0 spiro atoms. The predicted octanol–water partition coefficient (Wildman–Crippen LogP) is 0.516. The largest absolute Gasteiger partial charge is 0.506 e. The fourth-order valence-corrected chi connectivity index (χ4v) is 4.00. The quantitative estimate of drug-likeness (QED) is 0.713. The number of carbonyl (C=O) groups excluding carboxylic acids is 1. The SMILES string of the molecule is O=C1CN(c2c(O)ccc(-c3cc(C4=CCOC4)n[nH]3)c2F)S(=O)(=O)N1. The maximum atomic E-state index is 15.0. The summed E-state index contributed by atoms with van der Waals surface area (Å²) in [7, 11) is -4.26. The highest BCUT2D eigenvalue weighted by molar-refractivity contribution is 7.92. The average molecular weight is 380 g/mol. The first-order valence-electron chi connectivity index (χ1n) is 7.54. The van der Waals surface area contributed by atoms with E-state index in [4.69, 9.17) is 4.74 Å². The molecule has 0 aliphatic carbocycles. The summed E-state index contributed by atoms with van der Waals surface area (Å²) in [4.78, 5) is 11.4. The van der Waals surface area contributed by atoms with Crippen molar-refractivity contribution >= 4 is 27.4 Å². The topological polar surface area (TPSA) is 125 Å². The smallest absolute Gasteiger partial charge is 0.326 e. The number of hydrogen-bond acceptors (Lipinski definition) is 6. The van der Waals surface area contributed by atoms with E-state index in [9.17, 15) is 18.3 Å². The van der Waals surface area contributed by atoms with Gasteiger partial charge in [-0.25, -0.2) is 13.4 Å². The summed E-state index contributed by atoms with van der Waals surface area (Å²) in [6.45, 7) is 0.255. The molecule has 0 unspecified atom stereocenters. The number of H-pyrrole nitrogens is 1. The number of ether oxygens (including phenoxy) is 1. The van der Waals surface area contributed by atoms with Crippen LogP contribution < -0.4 is 9.03 Å². The number of phenolic OH excluding ortho intramolecular Hbond substituents is 1. The molecule has 0 radical (unpaired) electrons. The van der Waals surface area contributed by atoms with Gasteiger partial charge in [0.05, 0.1) is 24.6 Å². The summed E-state index contributed by atoms with van der Waals surface area (Å²) in [5.41, 5.74) is 1.13. The zero-order chi connectivity index (χ0) is 18.5. The lowest BCUT2D eigenvalue weighted by Gasteiger charge is -2.18. The van der Waals surface area contributed by atoms with Gasteiger partial charge in [-0.15, -0.1) is 0 Å². The second-order valence-electron chi connectivity index (χ2n) is 5.74. The molecule has 1 aromatic heterocycles. The molecule has 3 N–H and O–H groups in total. The van der Waals surface area contributed by atoms with Crippen molar-refractivity contribution in [2.75, 3.05) is 24.1 Å². The summed E-state index contributed by atoms with van der Waals surface area (Å²) in [6, 6.07) is 4.05. The Kier molecular flexibility index (Phi) is 3.70. The predicted molar refractivity (Wildman–Crippen MR) is 88.9 cm³/mol. The first-order chi connectivity index (χ1) is 12.4. The Morgan fingerprint density at radius 2 is 2.15 bits per heavy atom. The number of aromatic amines is 1. The molecule has 0 saturated carbocycles. The van der Waals surface area contributed by atoms with Crippen LogP contribution in [0.15, 0.2) is 24.3 Å². The Morgan fingerprint density at radius 1 is 1.35 bits per heavy atom. The van der Waals surface area contributed by atoms with E-state index in [0.717, 1.165) is 11.6 Å². The number of nitrogens with zero attached hydrogens (tertiary/aromatic N) is 2. The van der Waals surface area contributed by atoms with E-state index < -0.39 is 39.9 Å². The molecular formula is C15H13FN4O5S. The number of phenols is 1. The van der Waals surface area contributed by atoms with Crippen molar-refractivity contribution in [1.29, 1.82) is 0 Å². The molecule has 9 nitrogen and oxygen atoms in total. The summed E-state index contributed by atoms with van der Waals surface area (Å²) in [5.74, 6) is -2.40. The summed E-state index contributed by atoms with van der Waals surface area (Å²) in [5, 5.41) is 16.8. The molecule has 1 saturated heterocycles. The van der Waals surface area contributed by atoms with Crippen molar-refractivity contribution in [3.8, 4) is 17.0 Å². The van der Waals surface area contributed by atoms with Gasteiger partial charge >= 0.3 is 10.2 Å². The fraction of sp³-hybridized carbons (Fsp3) is 0.200. The number of amides is 1. The first-order valence-corrected chi connectivity index (χ1v) is 8.98. The van der Waals surface area contributed by atoms with Crippen LogP contribution in [0.1, 0.15) is 5.69 Å². The van der Waals surface area contributed by atoms with Crippen LogP contribution in [0.5, 0.6) is 5.75 Å². The van der Waals surface area contributed by atoms with Gasteiger partial charge in [0.25, 0.3) is 5.91 Å². The van der Waals surface area contributed by atoms with Crippen LogP contribution in [-0.2, 0) is 19.7 Å². The van der Waals surface area contributed by atoms with Crippen LogP contribution in [0.3, 0.4) is 0 Å². The van der Waals surface area contributed by atoms with Gasteiger partial charge in [0, 0.05) is 11.1 Å². The van der Waals surface area contributed by atoms with Crippen LogP contribution in [-0.4, -0.2) is 49.4 Å². The van der Waals surface area contributed by atoms with E-state index in [1.54, 1.807) is 10.8 Å². The molecule has 26 heavy (non-hydrogen) atoms. The maximum Gasteiger partial charge on any atom is 0.326 e. The highest BCUT2D eigenvalue weighted by atomic mass is 32.2. The molecule has 1 amide bonds. The van der Waals surface area contributed by atoms with E-state index in [0.29, 0.717) is 28.9 Å². The van der Waals surface area contributed by atoms with Gasteiger partial charge < -0.3 is 9.84 Å². The maximum absolute atomic E-state index is 15.0. The van der Waals surface area contributed by atoms with Gasteiger partial charge in [-0.3, -0.25) is 9.89 Å². The number of halogens is 1. The minimum atomic E-state index is -4.26. The fourth-order valence-electron chi connectivity index (χ4n) is 2.84. The number of benzene rings is 1. The van der Waals surface area contributed by atoms with Gasteiger partial charge in [-0.2, -0.15) is 13.5 Å². The number of carbonyl (C=O) groups is 1. The Bertz CT molecular complexity index is 1050. The monoisotopic (exact) mass is 380 g/mol. The molecule has 11 heteroatoms. The van der Waals surface area contributed by atoms with Crippen LogP contribution in [0.4, 0.5) is 10.1 Å². The first kappa shape index (κ1) is 16.5. The van der Waals surface area contributed by atoms with E-state index in [-0.39, 0.29) is 5.56 Å². The van der Waals surface area contributed by atoms with Crippen LogP contribution in [0.2, 0.25) is 0 Å². The molecule has 2 aliphatic heterocycles. The lowest BCUT2D eigenvalue weighted by molar-refractivity contribution is -0.117. The average Bonchev–Trinajstić information content (AvgIpc) is 3.28. The number of nitrogens with one attached hydrogen (secondary N) is 2. The molecule has 3 heterocycles. The Labute approximate surface area is 147 Å². The zero-order valence-electron chi connectivity index (χ0n) is 13.2. The molecule has 0 atom stereocenters. The Balaban J connectivity index is 1.79. The molecule has 1 fully saturated rings. The van der Waals surface area contributed by atoms with E-state index in [1.807, 2.05) is 6.08 Å². The van der Waals surface area contributed by atoms with Crippen molar-refractivity contribution in [2.24, 2.45) is 0 Å². The summed E-state index contributed by atoms with van der Waals surface area (Å²) >= 11 is 0. The number of anilines is 1. The minimum absolute atomic E-state index is 0.00520. The van der Waals surface area contributed by atoms with Crippen LogP contribution in [0.25, 0.3) is 16.8 Å². The lowest BCUT2D eigenvalue weighted by atomic mass is 10.1. The Hall–Kier alpha value is -2.92. The van der Waals surface area contributed by atoms with Gasteiger partial charge in [0.2, 0.25) is 0 Å². The second kappa shape index (κ2) is 5.81. The molecule has 2 aromatic rings. The molecule has 4 rings (SSSR count). The third-order valence-corrected chi connectivity index (χ3v) is 5.44. The number of hydrogen-bond donors (Lipinski definition) is 3. The van der Waals surface area contributed by atoms with Crippen LogP contribution >= 0.6 is 0 Å².